The van der Waals surface area contributed by atoms with Crippen molar-refractivity contribution in [3.05, 3.63) is 104 Å². The van der Waals surface area contributed by atoms with Gasteiger partial charge in [0.25, 0.3) is 5.91 Å². The number of hydroxylamine groups is 1. The number of azide groups is 1. The maximum atomic E-state index is 13.7. The van der Waals surface area contributed by atoms with E-state index in [9.17, 15) is 4.79 Å². The van der Waals surface area contributed by atoms with Crippen LogP contribution in [0, 0.1) is 0 Å². The molecule has 1 aliphatic heterocycles. The summed E-state index contributed by atoms with van der Waals surface area (Å²) < 4.78 is 12.9. The topological polar surface area (TPSA) is 138 Å². The minimum atomic E-state index is -1.49. The van der Waals surface area contributed by atoms with Crippen molar-refractivity contribution in [1.82, 2.24) is 5.48 Å². The summed E-state index contributed by atoms with van der Waals surface area (Å²) in [6, 6.07) is 21.6. The number of halogens is 1. The van der Waals surface area contributed by atoms with Gasteiger partial charge in [0.1, 0.15) is 5.75 Å². The second kappa shape index (κ2) is 12.6. The minimum Gasteiger partial charge on any atom is -0.494 e. The van der Waals surface area contributed by atoms with Gasteiger partial charge < -0.3 is 14.6 Å². The number of amides is 1. The summed E-state index contributed by atoms with van der Waals surface area (Å²) in [5.41, 5.74) is 12.4. The number of nitrogens with zero attached hydrogens (tertiary/aromatic N) is 4. The first-order chi connectivity index (χ1) is 18.5. The van der Waals surface area contributed by atoms with Gasteiger partial charge in [-0.3, -0.25) is 9.63 Å². The number of aliphatic hydroxyl groups excluding tert-OH is 1. The van der Waals surface area contributed by atoms with E-state index >= 15 is 0 Å². The number of ether oxygens (including phenoxy) is 2. The number of aliphatic imine (C=N–C) groups is 1. The smallest absolute Gasteiger partial charge is 0.276 e. The highest BCUT2D eigenvalue weighted by Gasteiger charge is 2.53. The van der Waals surface area contributed by atoms with Gasteiger partial charge in [0.05, 0.1) is 13.7 Å². The molecule has 1 aliphatic rings. The third-order valence-electron chi connectivity index (χ3n) is 6.00. The van der Waals surface area contributed by atoms with E-state index in [1.807, 2.05) is 24.3 Å². The van der Waals surface area contributed by atoms with Crippen LogP contribution in [-0.2, 0) is 20.8 Å². The van der Waals surface area contributed by atoms with Crippen LogP contribution in [-0.4, -0.2) is 42.8 Å². The van der Waals surface area contributed by atoms with Crippen LogP contribution in [0.5, 0.6) is 5.75 Å². The zero-order valence-electron chi connectivity index (χ0n) is 20.6. The zero-order valence-corrected chi connectivity index (χ0v) is 22.2. The summed E-state index contributed by atoms with van der Waals surface area (Å²) >= 11 is 3.45. The Balaban J connectivity index is 1.81. The average Bonchev–Trinajstić information content (AvgIpc) is 3.31. The fourth-order valence-electron chi connectivity index (χ4n) is 4.20. The average molecular weight is 580 g/mol. The summed E-state index contributed by atoms with van der Waals surface area (Å²) in [7, 11) is 1.35. The molecule has 0 aliphatic carbocycles. The second-order valence-corrected chi connectivity index (χ2v) is 9.39. The van der Waals surface area contributed by atoms with Crippen molar-refractivity contribution < 1.29 is 24.2 Å². The molecule has 2 N–H and O–H groups in total. The highest BCUT2D eigenvalue weighted by molar-refractivity contribution is 9.10. The lowest BCUT2D eigenvalue weighted by Crippen LogP contribution is -2.49. The molecule has 3 aromatic carbocycles. The van der Waals surface area contributed by atoms with E-state index in [1.54, 1.807) is 48.5 Å². The van der Waals surface area contributed by atoms with Crippen molar-refractivity contribution in [3.8, 4) is 5.75 Å². The lowest BCUT2D eigenvalue weighted by atomic mass is 9.82. The zero-order chi connectivity index (χ0) is 27.0. The summed E-state index contributed by atoms with van der Waals surface area (Å²) in [4.78, 5) is 26.5. The molecule has 0 spiro atoms. The van der Waals surface area contributed by atoms with Gasteiger partial charge in [-0.25, -0.2) is 10.5 Å². The monoisotopic (exact) mass is 579 g/mol. The molecule has 0 radical (unpaired) electrons. The van der Waals surface area contributed by atoms with E-state index < -0.39 is 17.6 Å². The Morgan fingerprint density at radius 1 is 1.18 bits per heavy atom. The van der Waals surface area contributed by atoms with Crippen LogP contribution in [0.2, 0.25) is 0 Å². The van der Waals surface area contributed by atoms with Crippen molar-refractivity contribution in [2.24, 2.45) is 10.1 Å². The summed E-state index contributed by atoms with van der Waals surface area (Å²) in [5, 5.41) is 12.8. The van der Waals surface area contributed by atoms with Gasteiger partial charge in [0.2, 0.25) is 5.90 Å². The normalized spacial score (nSPS) is 18.2. The van der Waals surface area contributed by atoms with Gasteiger partial charge >= 0.3 is 0 Å². The van der Waals surface area contributed by atoms with Gasteiger partial charge in [-0.15, -0.1) is 0 Å². The minimum absolute atomic E-state index is 0.0502. The SMILES string of the molecule is CONC(=O)[C@@]1(Cc2ccccc2N=[N+]=[N-])N=C(c2ccc(OCCCO)cc2)O[C@H]1c1ccc(Br)cc1. The van der Waals surface area contributed by atoms with Crippen LogP contribution in [0.3, 0.4) is 0 Å². The van der Waals surface area contributed by atoms with Gasteiger partial charge in [0, 0.05) is 40.1 Å². The van der Waals surface area contributed by atoms with Crippen LogP contribution < -0.4 is 10.2 Å². The van der Waals surface area contributed by atoms with Crippen LogP contribution >= 0.6 is 15.9 Å². The number of hydrogen-bond donors (Lipinski definition) is 2. The Bertz CT molecular complexity index is 1340. The molecule has 3 aromatic rings. The van der Waals surface area contributed by atoms with Crippen molar-refractivity contribution in [2.45, 2.75) is 24.5 Å². The molecule has 0 aromatic heterocycles. The summed E-state index contributed by atoms with van der Waals surface area (Å²) in [5.74, 6) is 0.395. The van der Waals surface area contributed by atoms with Gasteiger partial charge in [0.15, 0.2) is 11.6 Å². The molecule has 0 fully saturated rings. The summed E-state index contributed by atoms with van der Waals surface area (Å²) in [6.45, 7) is 0.443. The maximum Gasteiger partial charge on any atom is 0.276 e. The number of aliphatic hydroxyl groups is 1. The molecule has 0 bridgehead atoms. The first-order valence-electron chi connectivity index (χ1n) is 11.8. The standard InChI is InChI=1S/C27H26BrN5O5/c1-36-32-26(35)27(17-20-5-2-3-6-23(20)31-33-29)24(18-7-11-21(28)12-8-18)38-25(30-27)19-9-13-22(14-10-19)37-16-4-15-34/h2-3,5-14,24,34H,4,15-17H2,1H3,(H,32,35)/t24-,27-/m0/s1. The van der Waals surface area contributed by atoms with Gasteiger partial charge in [-0.1, -0.05) is 57.4 Å². The number of rotatable bonds is 11. The van der Waals surface area contributed by atoms with E-state index in [4.69, 9.17) is 29.9 Å². The number of carbonyl (C=O) groups excluding carboxylic acids is 1. The highest BCUT2D eigenvalue weighted by atomic mass is 79.9. The van der Waals surface area contributed by atoms with Gasteiger partial charge in [-0.05, 0) is 53.1 Å². The van der Waals surface area contributed by atoms with Crippen molar-refractivity contribution >= 4 is 33.4 Å². The molecule has 4 rings (SSSR count). The Morgan fingerprint density at radius 2 is 1.92 bits per heavy atom. The van der Waals surface area contributed by atoms with Gasteiger partial charge in [-0.2, -0.15) is 0 Å². The number of nitrogens with one attached hydrogen (secondary N) is 1. The number of carbonyl (C=O) groups is 1. The molecule has 196 valence electrons. The number of hydrogen-bond acceptors (Lipinski definition) is 7. The second-order valence-electron chi connectivity index (χ2n) is 8.47. The van der Waals surface area contributed by atoms with Crippen LogP contribution in [0.4, 0.5) is 5.69 Å². The molecule has 2 atom stereocenters. The first-order valence-corrected chi connectivity index (χ1v) is 12.6. The lowest BCUT2D eigenvalue weighted by Gasteiger charge is -2.30. The summed E-state index contributed by atoms with van der Waals surface area (Å²) in [6.07, 6.45) is -0.217. The molecule has 10 nitrogen and oxygen atoms in total. The Hall–Kier alpha value is -3.89. The maximum absolute atomic E-state index is 13.7. The van der Waals surface area contributed by atoms with Crippen LogP contribution in [0.1, 0.15) is 29.2 Å². The predicted octanol–water partition coefficient (Wildman–Crippen LogP) is 5.33. The molecule has 11 heteroatoms. The molecular formula is C27H26BrN5O5. The third kappa shape index (κ3) is 5.98. The van der Waals surface area contributed by atoms with Crippen LogP contribution in [0.25, 0.3) is 10.4 Å². The number of benzene rings is 3. The Labute approximate surface area is 228 Å². The highest BCUT2D eigenvalue weighted by Crippen LogP contribution is 2.44. The Morgan fingerprint density at radius 3 is 2.61 bits per heavy atom. The molecule has 0 unspecified atom stereocenters. The van der Waals surface area contributed by atoms with Crippen molar-refractivity contribution in [3.63, 3.8) is 0 Å². The fraction of sp³-hybridized carbons (Fsp3) is 0.259. The lowest BCUT2D eigenvalue weighted by molar-refractivity contribution is -0.139. The molecule has 1 amide bonds. The van der Waals surface area contributed by atoms with Crippen LogP contribution in [0.15, 0.2) is 87.4 Å². The largest absolute Gasteiger partial charge is 0.494 e. The third-order valence-corrected chi connectivity index (χ3v) is 6.53. The molecule has 0 saturated heterocycles. The van der Waals surface area contributed by atoms with E-state index in [1.165, 1.54) is 7.11 Å². The van der Waals surface area contributed by atoms with E-state index in [-0.39, 0.29) is 18.9 Å². The molecule has 38 heavy (non-hydrogen) atoms. The first kappa shape index (κ1) is 27.2. The fourth-order valence-corrected chi connectivity index (χ4v) is 4.46. The van der Waals surface area contributed by atoms with E-state index in [2.05, 4.69) is 31.4 Å². The molecule has 1 heterocycles. The van der Waals surface area contributed by atoms with E-state index in [0.717, 1.165) is 10.0 Å². The predicted molar refractivity (Wildman–Crippen MR) is 145 cm³/mol. The van der Waals surface area contributed by atoms with Crippen molar-refractivity contribution in [2.75, 3.05) is 20.3 Å². The van der Waals surface area contributed by atoms with E-state index in [0.29, 0.717) is 35.6 Å². The molecular weight excluding hydrogens is 554 g/mol. The van der Waals surface area contributed by atoms with Crippen molar-refractivity contribution in [1.29, 1.82) is 0 Å². The quantitative estimate of drug-likeness (QED) is 0.104. The molecule has 0 saturated carbocycles. The Kier molecular flexibility index (Phi) is 8.98.